The molecule has 1 saturated carbocycles. The topological polar surface area (TPSA) is 86.0 Å². The van der Waals surface area contributed by atoms with Crippen molar-refractivity contribution in [3.63, 3.8) is 0 Å². The van der Waals surface area contributed by atoms with Crippen molar-refractivity contribution in [1.82, 2.24) is 0 Å². The van der Waals surface area contributed by atoms with E-state index in [2.05, 4.69) is 0 Å². The molecule has 31 heavy (non-hydrogen) atoms. The second-order valence-corrected chi connectivity index (χ2v) is 8.35. The Morgan fingerprint density at radius 3 is 2.65 bits per heavy atom. The lowest BCUT2D eigenvalue weighted by Crippen LogP contribution is -2.33. The van der Waals surface area contributed by atoms with Gasteiger partial charge in [0.15, 0.2) is 11.0 Å². The minimum atomic E-state index is -0.733. The van der Waals surface area contributed by atoms with Gasteiger partial charge in [-0.1, -0.05) is 29.3 Å². The van der Waals surface area contributed by atoms with Crippen molar-refractivity contribution in [3.8, 4) is 17.1 Å². The predicted octanol–water partition coefficient (Wildman–Crippen LogP) is 5.27. The van der Waals surface area contributed by atoms with E-state index in [4.69, 9.17) is 42.2 Å². The van der Waals surface area contributed by atoms with Crippen molar-refractivity contribution in [2.24, 2.45) is 11.8 Å². The third-order valence-electron chi connectivity index (χ3n) is 5.35. The van der Waals surface area contributed by atoms with Crippen molar-refractivity contribution in [3.05, 3.63) is 62.7 Å². The highest BCUT2D eigenvalue weighted by atomic mass is 35.5. The number of carboxylic acid groups (broad SMARTS) is 1. The van der Waals surface area contributed by atoms with Crippen LogP contribution >= 0.6 is 23.2 Å². The highest BCUT2D eigenvalue weighted by Crippen LogP contribution is 2.34. The maximum absolute atomic E-state index is 12.4. The van der Waals surface area contributed by atoms with Crippen LogP contribution in [0.4, 0.5) is 0 Å². The summed E-state index contributed by atoms with van der Waals surface area (Å²) in [7, 11) is 0. The number of rotatable bonds is 8. The first-order valence-electron chi connectivity index (χ1n) is 9.88. The monoisotopic (exact) mass is 462 g/mol. The molecule has 0 atom stereocenters. The standard InChI is InChI=1S/C23H20Cl2O6/c24-17-3-1-2-16-19(26)11-21(31-22(16)17)14-4-5-20(18(25)10-14)30-7-6-29-12-13-8-15(9-13)23(27)28/h1-5,10-11,13,15H,6-9,12H2,(H,27,28). The Morgan fingerprint density at radius 1 is 1.10 bits per heavy atom. The molecular formula is C23H20Cl2O6. The summed E-state index contributed by atoms with van der Waals surface area (Å²) >= 11 is 12.5. The van der Waals surface area contributed by atoms with Gasteiger partial charge in [-0.15, -0.1) is 0 Å². The smallest absolute Gasteiger partial charge is 0.306 e. The summed E-state index contributed by atoms with van der Waals surface area (Å²) < 4.78 is 17.1. The largest absolute Gasteiger partial charge is 0.490 e. The molecule has 3 aromatic rings. The van der Waals surface area contributed by atoms with Crippen LogP contribution < -0.4 is 10.2 Å². The molecule has 0 aliphatic heterocycles. The Morgan fingerprint density at radius 2 is 1.90 bits per heavy atom. The number of hydrogen-bond acceptors (Lipinski definition) is 5. The summed E-state index contributed by atoms with van der Waals surface area (Å²) in [6.07, 6.45) is 1.33. The highest BCUT2D eigenvalue weighted by Gasteiger charge is 2.34. The molecule has 1 fully saturated rings. The minimum absolute atomic E-state index is 0.187. The molecule has 0 saturated heterocycles. The van der Waals surface area contributed by atoms with E-state index in [1.165, 1.54) is 6.07 Å². The molecule has 1 N–H and O–H groups in total. The van der Waals surface area contributed by atoms with E-state index in [-0.39, 0.29) is 11.3 Å². The molecule has 2 aromatic carbocycles. The first kappa shape index (κ1) is 21.7. The van der Waals surface area contributed by atoms with Crippen LogP contribution in [-0.2, 0) is 9.53 Å². The van der Waals surface area contributed by atoms with Crippen molar-refractivity contribution < 1.29 is 23.8 Å². The van der Waals surface area contributed by atoms with Crippen LogP contribution in [0, 0.1) is 11.8 Å². The number of ether oxygens (including phenoxy) is 2. The molecule has 162 valence electrons. The molecule has 0 amide bonds. The average molecular weight is 463 g/mol. The normalized spacial score (nSPS) is 18.0. The summed E-state index contributed by atoms with van der Waals surface area (Å²) in [6.45, 7) is 1.22. The lowest BCUT2D eigenvalue weighted by molar-refractivity contribution is -0.147. The molecule has 1 aliphatic carbocycles. The molecule has 8 heteroatoms. The van der Waals surface area contributed by atoms with Crippen LogP contribution in [0.25, 0.3) is 22.3 Å². The number of halogens is 2. The first-order valence-corrected chi connectivity index (χ1v) is 10.6. The summed E-state index contributed by atoms with van der Waals surface area (Å²) in [6, 6.07) is 11.6. The van der Waals surface area contributed by atoms with E-state index < -0.39 is 5.97 Å². The Kier molecular flexibility index (Phi) is 6.51. The van der Waals surface area contributed by atoms with Gasteiger partial charge in [0.2, 0.25) is 0 Å². The number of carbonyl (C=O) groups is 1. The maximum atomic E-state index is 12.4. The van der Waals surface area contributed by atoms with E-state index in [0.717, 1.165) is 0 Å². The quantitative estimate of drug-likeness (QED) is 0.458. The van der Waals surface area contributed by atoms with E-state index in [1.54, 1.807) is 36.4 Å². The molecule has 0 bridgehead atoms. The molecular weight excluding hydrogens is 443 g/mol. The minimum Gasteiger partial charge on any atom is -0.490 e. The van der Waals surface area contributed by atoms with E-state index >= 15 is 0 Å². The molecule has 6 nitrogen and oxygen atoms in total. The van der Waals surface area contributed by atoms with Crippen LogP contribution in [0.2, 0.25) is 10.0 Å². The van der Waals surface area contributed by atoms with Gasteiger partial charge in [0.1, 0.15) is 18.1 Å². The van der Waals surface area contributed by atoms with Crippen LogP contribution in [0.5, 0.6) is 5.75 Å². The van der Waals surface area contributed by atoms with Crippen LogP contribution in [0.15, 0.2) is 51.7 Å². The van der Waals surface area contributed by atoms with E-state index in [1.807, 2.05) is 0 Å². The summed E-state index contributed by atoms with van der Waals surface area (Å²) in [5.41, 5.74) is 0.778. The molecule has 1 heterocycles. The molecule has 0 radical (unpaired) electrons. The Balaban J connectivity index is 1.34. The molecule has 4 rings (SSSR count). The fraction of sp³-hybridized carbons (Fsp3) is 0.304. The summed E-state index contributed by atoms with van der Waals surface area (Å²) in [5.74, 6) is 0.190. The van der Waals surface area contributed by atoms with Gasteiger partial charge in [0.25, 0.3) is 0 Å². The summed E-state index contributed by atoms with van der Waals surface area (Å²) in [5, 5.41) is 10.0. The van der Waals surface area contributed by atoms with Gasteiger partial charge in [-0.25, -0.2) is 0 Å². The molecule has 0 spiro atoms. The summed E-state index contributed by atoms with van der Waals surface area (Å²) in [4.78, 5) is 23.2. The number of carboxylic acids is 1. The van der Waals surface area contributed by atoms with Crippen molar-refractivity contribution in [1.29, 1.82) is 0 Å². The Hall–Kier alpha value is -2.54. The number of hydrogen-bond donors (Lipinski definition) is 1. The fourth-order valence-corrected chi connectivity index (χ4v) is 4.04. The van der Waals surface area contributed by atoms with E-state index in [9.17, 15) is 9.59 Å². The third kappa shape index (κ3) is 4.87. The van der Waals surface area contributed by atoms with Gasteiger partial charge in [-0.2, -0.15) is 0 Å². The SMILES string of the molecule is O=C(O)C1CC(COCCOc2ccc(-c3cc(=O)c4cccc(Cl)c4o3)cc2Cl)C1. The second-order valence-electron chi connectivity index (χ2n) is 7.53. The van der Waals surface area contributed by atoms with Crippen molar-refractivity contribution >= 4 is 40.1 Å². The number of fused-ring (bicyclic) bond motifs is 1. The average Bonchev–Trinajstić information content (AvgIpc) is 2.70. The van der Waals surface area contributed by atoms with Gasteiger partial charge in [-0.3, -0.25) is 9.59 Å². The number of para-hydroxylation sites is 1. The van der Waals surface area contributed by atoms with Crippen LogP contribution in [-0.4, -0.2) is 30.9 Å². The van der Waals surface area contributed by atoms with Gasteiger partial charge in [-0.05, 0) is 49.1 Å². The maximum Gasteiger partial charge on any atom is 0.306 e. The lowest BCUT2D eigenvalue weighted by atomic mass is 9.75. The fourth-order valence-electron chi connectivity index (χ4n) is 3.59. The van der Waals surface area contributed by atoms with Gasteiger partial charge in [0.05, 0.1) is 28.0 Å². The van der Waals surface area contributed by atoms with Crippen LogP contribution in [0.3, 0.4) is 0 Å². The lowest BCUT2D eigenvalue weighted by Gasteiger charge is -2.31. The zero-order chi connectivity index (χ0) is 22.0. The molecule has 0 unspecified atom stereocenters. The van der Waals surface area contributed by atoms with Crippen molar-refractivity contribution in [2.75, 3.05) is 19.8 Å². The number of benzene rings is 2. The molecule has 1 aromatic heterocycles. The third-order valence-corrected chi connectivity index (χ3v) is 5.94. The Labute approximate surface area is 188 Å². The predicted molar refractivity (Wildman–Crippen MR) is 118 cm³/mol. The van der Waals surface area contributed by atoms with Gasteiger partial charge >= 0.3 is 5.97 Å². The van der Waals surface area contributed by atoms with E-state index in [0.29, 0.717) is 76.7 Å². The first-order chi connectivity index (χ1) is 14.9. The van der Waals surface area contributed by atoms with Crippen LogP contribution in [0.1, 0.15) is 12.8 Å². The number of aliphatic carboxylic acids is 1. The van der Waals surface area contributed by atoms with Crippen molar-refractivity contribution in [2.45, 2.75) is 12.8 Å². The highest BCUT2D eigenvalue weighted by molar-refractivity contribution is 6.34. The Bertz CT molecular complexity index is 1170. The van der Waals surface area contributed by atoms with Gasteiger partial charge < -0.3 is 19.0 Å². The zero-order valence-electron chi connectivity index (χ0n) is 16.5. The zero-order valence-corrected chi connectivity index (χ0v) is 18.0. The van der Waals surface area contributed by atoms with Gasteiger partial charge in [0, 0.05) is 18.2 Å². The second kappa shape index (κ2) is 9.30. The molecule has 1 aliphatic rings.